The first-order valence-electron chi connectivity index (χ1n) is 17.9. The zero-order valence-corrected chi connectivity index (χ0v) is 28.8. The van der Waals surface area contributed by atoms with Crippen molar-refractivity contribution < 1.29 is 0 Å². The maximum atomic E-state index is 2.38. The van der Waals surface area contributed by atoms with Crippen molar-refractivity contribution in [2.75, 3.05) is 0 Å². The second-order valence-corrected chi connectivity index (χ2v) is 14.4. The number of rotatable bonds is 4. The second-order valence-electron chi connectivity index (χ2n) is 14.4. The van der Waals surface area contributed by atoms with Crippen molar-refractivity contribution in [3.05, 3.63) is 193 Å². The van der Waals surface area contributed by atoms with Gasteiger partial charge >= 0.3 is 0 Å². The normalized spacial score (nSPS) is 13.1. The van der Waals surface area contributed by atoms with E-state index in [-0.39, 0.29) is 5.41 Å². The van der Waals surface area contributed by atoms with Crippen LogP contribution in [0.1, 0.15) is 25.0 Å². The number of hydrogen-bond donors (Lipinski definition) is 0. The quantitative estimate of drug-likeness (QED) is 0.167. The minimum atomic E-state index is -0.0817. The molecule has 0 N–H and O–H groups in total. The van der Waals surface area contributed by atoms with Crippen LogP contribution in [-0.2, 0) is 5.41 Å². The molecule has 51 heavy (non-hydrogen) atoms. The molecule has 0 aliphatic heterocycles. The summed E-state index contributed by atoms with van der Waals surface area (Å²) in [7, 11) is 0. The Morgan fingerprint density at radius 3 is 1.53 bits per heavy atom. The third kappa shape index (κ3) is 4.53. The van der Waals surface area contributed by atoms with E-state index in [1.807, 2.05) is 0 Å². The molecule has 0 unspecified atom stereocenters. The minimum absolute atomic E-state index is 0.0817. The molecule has 0 heterocycles. The van der Waals surface area contributed by atoms with Crippen LogP contribution in [0.2, 0.25) is 0 Å². The number of hydrogen-bond acceptors (Lipinski definition) is 0. The van der Waals surface area contributed by atoms with Gasteiger partial charge < -0.3 is 0 Å². The Morgan fingerprint density at radius 1 is 0.314 bits per heavy atom. The highest BCUT2D eigenvalue weighted by Crippen LogP contribution is 2.54. The fourth-order valence-electron chi connectivity index (χ4n) is 8.94. The lowest BCUT2D eigenvalue weighted by molar-refractivity contribution is 0.666. The van der Waals surface area contributed by atoms with Gasteiger partial charge in [-0.2, -0.15) is 0 Å². The molecule has 0 fully saturated rings. The summed E-state index contributed by atoms with van der Waals surface area (Å²) in [6.07, 6.45) is 0. The smallest absolute Gasteiger partial charge is 0.0165 e. The molecule has 10 rings (SSSR count). The lowest BCUT2D eigenvalue weighted by atomic mass is 9.80. The molecule has 0 saturated carbocycles. The Labute approximate surface area is 299 Å². The lowest BCUT2D eigenvalue weighted by Gasteiger charge is -2.23. The molecule has 1 aliphatic carbocycles. The van der Waals surface area contributed by atoms with Gasteiger partial charge in [-0.15, -0.1) is 0 Å². The second kappa shape index (κ2) is 11.4. The summed E-state index contributed by atoms with van der Waals surface area (Å²) in [6.45, 7) is 4.77. The van der Waals surface area contributed by atoms with Crippen molar-refractivity contribution in [3.8, 4) is 55.6 Å². The molecule has 0 heteroatoms. The lowest BCUT2D eigenvalue weighted by Crippen LogP contribution is -2.15. The maximum absolute atomic E-state index is 2.38. The highest BCUT2D eigenvalue weighted by molar-refractivity contribution is 6.21. The highest BCUT2D eigenvalue weighted by atomic mass is 14.4. The van der Waals surface area contributed by atoms with Crippen LogP contribution in [0.5, 0.6) is 0 Å². The Hall–Kier alpha value is -6.24. The van der Waals surface area contributed by atoms with E-state index >= 15 is 0 Å². The Morgan fingerprint density at radius 2 is 0.843 bits per heavy atom. The molecule has 0 radical (unpaired) electrons. The van der Waals surface area contributed by atoms with Gasteiger partial charge in [-0.05, 0) is 105 Å². The van der Waals surface area contributed by atoms with Crippen molar-refractivity contribution in [3.63, 3.8) is 0 Å². The van der Waals surface area contributed by atoms with Gasteiger partial charge in [0.05, 0.1) is 0 Å². The third-order valence-corrected chi connectivity index (χ3v) is 11.2. The standard InChI is InChI=1S/C51H36/c1-51(2)46-25-13-24-39(49(46)45-31-30-34-16-6-7-19-40(34)50(45)51)35-26-28-36(29-27-35)47-41-20-8-10-22-43(41)48(44-23-11-9-21-42(44)47)38-18-12-17-37(32-38)33-14-4-3-5-15-33/h3-32H,1-2H3. The first kappa shape index (κ1) is 29.7. The number of fused-ring (bicyclic) bond motifs is 7. The molecular formula is C51H36. The SMILES string of the molecule is CC1(C)c2cccc(-c3ccc(-c4c5ccccc5c(-c5cccc(-c6ccccc6)c5)c5ccccc45)cc3)c2-c2ccc3ccccc3c21. The van der Waals surface area contributed by atoms with E-state index < -0.39 is 0 Å². The molecule has 0 bridgehead atoms. The molecule has 9 aromatic carbocycles. The summed E-state index contributed by atoms with van der Waals surface area (Å²) in [4.78, 5) is 0. The molecule has 0 nitrogen and oxygen atoms in total. The van der Waals surface area contributed by atoms with E-state index in [1.165, 1.54) is 99.1 Å². The molecule has 0 aromatic heterocycles. The van der Waals surface area contributed by atoms with Crippen molar-refractivity contribution in [2.45, 2.75) is 19.3 Å². The van der Waals surface area contributed by atoms with Gasteiger partial charge in [0.15, 0.2) is 0 Å². The van der Waals surface area contributed by atoms with Gasteiger partial charge in [0.25, 0.3) is 0 Å². The van der Waals surface area contributed by atoms with Gasteiger partial charge in [-0.3, -0.25) is 0 Å². The monoisotopic (exact) mass is 648 g/mol. The minimum Gasteiger partial charge on any atom is -0.0622 e. The average Bonchev–Trinajstić information content (AvgIpc) is 3.43. The first-order valence-corrected chi connectivity index (χ1v) is 17.9. The molecule has 0 amide bonds. The van der Waals surface area contributed by atoms with E-state index in [2.05, 4.69) is 196 Å². The predicted octanol–water partition coefficient (Wildman–Crippen LogP) is 14.1. The van der Waals surface area contributed by atoms with E-state index in [4.69, 9.17) is 0 Å². The van der Waals surface area contributed by atoms with Crippen molar-refractivity contribution in [1.82, 2.24) is 0 Å². The van der Waals surface area contributed by atoms with Gasteiger partial charge in [-0.1, -0.05) is 190 Å². The van der Waals surface area contributed by atoms with Gasteiger partial charge in [0, 0.05) is 5.41 Å². The topological polar surface area (TPSA) is 0 Å². The Balaban J connectivity index is 1.14. The Bertz CT molecular complexity index is 2740. The van der Waals surface area contributed by atoms with Crippen molar-refractivity contribution >= 4 is 32.3 Å². The molecule has 0 saturated heterocycles. The summed E-state index contributed by atoms with van der Waals surface area (Å²) in [6, 6.07) is 67.2. The summed E-state index contributed by atoms with van der Waals surface area (Å²) in [5, 5.41) is 7.74. The average molecular weight is 649 g/mol. The zero-order valence-electron chi connectivity index (χ0n) is 28.8. The van der Waals surface area contributed by atoms with Crippen molar-refractivity contribution in [1.29, 1.82) is 0 Å². The van der Waals surface area contributed by atoms with Gasteiger partial charge in [-0.25, -0.2) is 0 Å². The maximum Gasteiger partial charge on any atom is 0.0165 e. The summed E-state index contributed by atoms with van der Waals surface area (Å²) in [5.41, 5.74) is 15.5. The summed E-state index contributed by atoms with van der Waals surface area (Å²) >= 11 is 0. The first-order chi connectivity index (χ1) is 25.1. The largest absolute Gasteiger partial charge is 0.0622 e. The van der Waals surface area contributed by atoms with Crippen molar-refractivity contribution in [2.24, 2.45) is 0 Å². The van der Waals surface area contributed by atoms with Crippen LogP contribution in [0.4, 0.5) is 0 Å². The zero-order chi connectivity index (χ0) is 34.1. The van der Waals surface area contributed by atoms with Crippen LogP contribution < -0.4 is 0 Å². The fraction of sp³-hybridized carbons (Fsp3) is 0.0588. The summed E-state index contributed by atoms with van der Waals surface area (Å²) in [5.74, 6) is 0. The molecule has 1 aliphatic rings. The Kier molecular flexibility index (Phi) is 6.63. The van der Waals surface area contributed by atoms with E-state index in [0.29, 0.717) is 0 Å². The molecule has 240 valence electrons. The number of benzene rings is 9. The van der Waals surface area contributed by atoms with E-state index in [1.54, 1.807) is 0 Å². The van der Waals surface area contributed by atoms with E-state index in [9.17, 15) is 0 Å². The van der Waals surface area contributed by atoms with Crippen LogP contribution in [0.3, 0.4) is 0 Å². The molecule has 9 aromatic rings. The highest BCUT2D eigenvalue weighted by Gasteiger charge is 2.38. The predicted molar refractivity (Wildman–Crippen MR) is 218 cm³/mol. The van der Waals surface area contributed by atoms with Crippen LogP contribution >= 0.6 is 0 Å². The van der Waals surface area contributed by atoms with Gasteiger partial charge in [0.2, 0.25) is 0 Å². The molecule has 0 spiro atoms. The van der Waals surface area contributed by atoms with Crippen LogP contribution in [0, 0.1) is 0 Å². The van der Waals surface area contributed by atoms with Crippen LogP contribution in [0.15, 0.2) is 182 Å². The van der Waals surface area contributed by atoms with E-state index in [0.717, 1.165) is 0 Å². The van der Waals surface area contributed by atoms with Crippen LogP contribution in [0.25, 0.3) is 88.0 Å². The third-order valence-electron chi connectivity index (χ3n) is 11.2. The van der Waals surface area contributed by atoms with Crippen LogP contribution in [-0.4, -0.2) is 0 Å². The molecular weight excluding hydrogens is 613 g/mol. The molecule has 0 atom stereocenters. The van der Waals surface area contributed by atoms with Gasteiger partial charge in [0.1, 0.15) is 0 Å². The summed E-state index contributed by atoms with van der Waals surface area (Å²) < 4.78 is 0. The fourth-order valence-corrected chi connectivity index (χ4v) is 8.94.